The van der Waals surface area contributed by atoms with Gasteiger partial charge in [-0.05, 0) is 24.3 Å². The van der Waals surface area contributed by atoms with Crippen molar-refractivity contribution < 1.29 is 19.0 Å². The van der Waals surface area contributed by atoms with Crippen LogP contribution in [0.5, 0.6) is 11.5 Å². The van der Waals surface area contributed by atoms with E-state index in [9.17, 15) is 4.79 Å². The molecule has 0 atom stereocenters. The second kappa shape index (κ2) is 8.07. The van der Waals surface area contributed by atoms with E-state index in [0.29, 0.717) is 24.5 Å². The predicted molar refractivity (Wildman–Crippen MR) is 80.1 cm³/mol. The van der Waals surface area contributed by atoms with Gasteiger partial charge in [0.1, 0.15) is 24.7 Å². The van der Waals surface area contributed by atoms with Crippen molar-refractivity contribution in [3.05, 3.63) is 60.2 Å². The van der Waals surface area contributed by atoms with Crippen molar-refractivity contribution in [3.8, 4) is 11.5 Å². The van der Waals surface area contributed by atoms with Crippen LogP contribution < -0.4 is 9.47 Å². The normalized spacial score (nSPS) is 10.1. The van der Waals surface area contributed by atoms with Crippen molar-refractivity contribution >= 4 is 5.78 Å². The summed E-state index contributed by atoms with van der Waals surface area (Å²) in [5, 5.41) is 0. The first-order valence-corrected chi connectivity index (χ1v) is 6.73. The van der Waals surface area contributed by atoms with E-state index in [0.717, 1.165) is 5.75 Å². The van der Waals surface area contributed by atoms with Crippen LogP contribution >= 0.6 is 0 Å². The third kappa shape index (κ3) is 4.61. The smallest absolute Gasteiger partial charge is 0.192 e. The van der Waals surface area contributed by atoms with Gasteiger partial charge in [-0.25, -0.2) is 0 Å². The molecule has 2 aromatic rings. The Morgan fingerprint density at radius 3 is 2.43 bits per heavy atom. The van der Waals surface area contributed by atoms with Gasteiger partial charge < -0.3 is 14.2 Å². The molecule has 0 N–H and O–H groups in total. The molecule has 0 spiro atoms. The fraction of sp³-hybridized carbons (Fsp3) is 0.235. The number of hydrogen-bond acceptors (Lipinski definition) is 4. The summed E-state index contributed by atoms with van der Waals surface area (Å²) in [5.74, 6) is 1.25. The van der Waals surface area contributed by atoms with Gasteiger partial charge in [0.2, 0.25) is 0 Å². The Morgan fingerprint density at radius 1 is 0.952 bits per heavy atom. The molecule has 0 aromatic heterocycles. The number of para-hydroxylation sites is 2. The van der Waals surface area contributed by atoms with Gasteiger partial charge in [0.25, 0.3) is 0 Å². The number of carbonyl (C=O) groups is 1. The average Bonchev–Trinajstić information content (AvgIpc) is 2.55. The van der Waals surface area contributed by atoms with Crippen molar-refractivity contribution in [2.45, 2.75) is 0 Å². The van der Waals surface area contributed by atoms with Gasteiger partial charge in [-0.1, -0.05) is 30.3 Å². The number of ketones is 1. The van der Waals surface area contributed by atoms with E-state index < -0.39 is 0 Å². The number of benzene rings is 2. The maximum absolute atomic E-state index is 12.0. The fourth-order valence-corrected chi connectivity index (χ4v) is 1.85. The van der Waals surface area contributed by atoms with Crippen molar-refractivity contribution in [2.24, 2.45) is 0 Å². The first-order valence-electron chi connectivity index (χ1n) is 6.73. The van der Waals surface area contributed by atoms with Gasteiger partial charge in [0.15, 0.2) is 5.78 Å². The van der Waals surface area contributed by atoms with Gasteiger partial charge in [-0.3, -0.25) is 4.79 Å². The summed E-state index contributed by atoms with van der Waals surface area (Å²) in [7, 11) is 1.54. The summed E-state index contributed by atoms with van der Waals surface area (Å²) in [4.78, 5) is 12.0. The standard InChI is InChI=1S/C17H18O4/c1-19-17-10-6-5-9-15(17)16(18)13-20-11-12-21-14-7-3-2-4-8-14/h2-10H,11-13H2,1H3. The Kier molecular flexibility index (Phi) is 5.79. The number of Topliss-reactive ketones (excluding diaryl/α,β-unsaturated/α-hetero) is 1. The molecule has 110 valence electrons. The molecule has 2 rings (SSSR count). The lowest BCUT2D eigenvalue weighted by atomic mass is 10.1. The summed E-state index contributed by atoms with van der Waals surface area (Å²) in [6.07, 6.45) is 0. The average molecular weight is 286 g/mol. The van der Waals surface area contributed by atoms with Crippen molar-refractivity contribution in [2.75, 3.05) is 26.9 Å². The van der Waals surface area contributed by atoms with E-state index in [1.54, 1.807) is 25.3 Å². The predicted octanol–water partition coefficient (Wildman–Crippen LogP) is 2.97. The fourth-order valence-electron chi connectivity index (χ4n) is 1.85. The van der Waals surface area contributed by atoms with E-state index in [4.69, 9.17) is 14.2 Å². The highest BCUT2D eigenvalue weighted by Crippen LogP contribution is 2.17. The minimum atomic E-state index is -0.104. The maximum atomic E-state index is 12.0. The van der Waals surface area contributed by atoms with Crippen molar-refractivity contribution in [1.29, 1.82) is 0 Å². The van der Waals surface area contributed by atoms with Gasteiger partial charge in [0.05, 0.1) is 19.3 Å². The van der Waals surface area contributed by atoms with Gasteiger partial charge in [0, 0.05) is 0 Å². The largest absolute Gasteiger partial charge is 0.496 e. The molecule has 0 bridgehead atoms. The molecule has 4 nitrogen and oxygen atoms in total. The highest BCUT2D eigenvalue weighted by Gasteiger charge is 2.11. The Bertz CT molecular complexity index is 566. The molecule has 21 heavy (non-hydrogen) atoms. The highest BCUT2D eigenvalue weighted by atomic mass is 16.5. The van der Waals surface area contributed by atoms with E-state index in [1.807, 2.05) is 36.4 Å². The van der Waals surface area contributed by atoms with Crippen LogP contribution in [0.3, 0.4) is 0 Å². The third-order valence-corrected chi connectivity index (χ3v) is 2.88. The van der Waals surface area contributed by atoms with Gasteiger partial charge in [-0.2, -0.15) is 0 Å². The third-order valence-electron chi connectivity index (χ3n) is 2.88. The van der Waals surface area contributed by atoms with Crippen LogP contribution in [0.4, 0.5) is 0 Å². The summed E-state index contributed by atoms with van der Waals surface area (Å²) in [5.41, 5.74) is 0.531. The van der Waals surface area contributed by atoms with Gasteiger partial charge in [-0.15, -0.1) is 0 Å². The Labute approximate surface area is 124 Å². The zero-order valence-electron chi connectivity index (χ0n) is 12.0. The molecule has 0 radical (unpaired) electrons. The number of ether oxygens (including phenoxy) is 3. The molecular weight excluding hydrogens is 268 g/mol. The summed E-state index contributed by atoms with van der Waals surface area (Å²) >= 11 is 0. The highest BCUT2D eigenvalue weighted by molar-refractivity contribution is 5.99. The van der Waals surface area contributed by atoms with E-state index in [1.165, 1.54) is 0 Å². The van der Waals surface area contributed by atoms with E-state index >= 15 is 0 Å². The second-order valence-electron chi connectivity index (χ2n) is 4.34. The first-order chi connectivity index (χ1) is 10.3. The van der Waals surface area contributed by atoms with Crippen LogP contribution in [0, 0.1) is 0 Å². The molecule has 2 aromatic carbocycles. The zero-order valence-corrected chi connectivity index (χ0v) is 12.0. The van der Waals surface area contributed by atoms with Gasteiger partial charge >= 0.3 is 0 Å². The van der Waals surface area contributed by atoms with Crippen LogP contribution in [-0.4, -0.2) is 32.7 Å². The first kappa shape index (κ1) is 15.1. The molecule has 4 heteroatoms. The monoisotopic (exact) mass is 286 g/mol. The SMILES string of the molecule is COc1ccccc1C(=O)COCCOc1ccccc1. The van der Waals surface area contributed by atoms with E-state index in [-0.39, 0.29) is 12.4 Å². The molecule has 0 heterocycles. The van der Waals surface area contributed by atoms with Crippen LogP contribution in [0.15, 0.2) is 54.6 Å². The molecule has 0 unspecified atom stereocenters. The van der Waals surface area contributed by atoms with Crippen molar-refractivity contribution in [1.82, 2.24) is 0 Å². The second-order valence-corrected chi connectivity index (χ2v) is 4.34. The van der Waals surface area contributed by atoms with Crippen molar-refractivity contribution in [3.63, 3.8) is 0 Å². The molecule has 0 fully saturated rings. The molecule has 0 amide bonds. The Morgan fingerprint density at radius 2 is 1.67 bits per heavy atom. The quantitative estimate of drug-likeness (QED) is 0.553. The lowest BCUT2D eigenvalue weighted by Gasteiger charge is -2.08. The molecule has 0 aliphatic heterocycles. The van der Waals surface area contributed by atoms with Crippen LogP contribution in [-0.2, 0) is 4.74 Å². The Balaban J connectivity index is 1.72. The topological polar surface area (TPSA) is 44.8 Å². The summed E-state index contributed by atoms with van der Waals surface area (Å²) in [6, 6.07) is 16.6. The minimum absolute atomic E-state index is 0.0124. The molecule has 0 aliphatic carbocycles. The lowest BCUT2D eigenvalue weighted by Crippen LogP contribution is -2.14. The number of hydrogen-bond donors (Lipinski definition) is 0. The summed E-state index contributed by atoms with van der Waals surface area (Å²) < 4.78 is 16.0. The number of methoxy groups -OCH3 is 1. The Hall–Kier alpha value is -2.33. The van der Waals surface area contributed by atoms with E-state index in [2.05, 4.69) is 0 Å². The molecular formula is C17H18O4. The molecule has 0 aliphatic rings. The molecule has 0 saturated carbocycles. The molecule has 0 saturated heterocycles. The lowest BCUT2D eigenvalue weighted by molar-refractivity contribution is 0.0685. The van der Waals surface area contributed by atoms with Crippen LogP contribution in [0.2, 0.25) is 0 Å². The minimum Gasteiger partial charge on any atom is -0.496 e. The zero-order chi connectivity index (χ0) is 14.9. The number of rotatable bonds is 8. The van der Waals surface area contributed by atoms with Crippen LogP contribution in [0.25, 0.3) is 0 Å². The number of carbonyl (C=O) groups excluding carboxylic acids is 1. The maximum Gasteiger partial charge on any atom is 0.192 e. The summed E-state index contributed by atoms with van der Waals surface area (Å²) in [6.45, 7) is 0.775. The van der Waals surface area contributed by atoms with Crippen LogP contribution in [0.1, 0.15) is 10.4 Å².